The minimum atomic E-state index is -0.0538. The standard InChI is InChI=1S/C18H14ClN3OS/c1-10(23)20-9-12-6-11-7-14(19)13(8-16(11)21-12)18-22-15-4-2-3-5-17(15)24-18/h2-8,21H,9H2,1H3,(H,20,23). The van der Waals surface area contributed by atoms with Crippen LogP contribution in [0.4, 0.5) is 0 Å². The van der Waals surface area contributed by atoms with E-state index >= 15 is 0 Å². The highest BCUT2D eigenvalue weighted by molar-refractivity contribution is 7.21. The van der Waals surface area contributed by atoms with Gasteiger partial charge in [-0.05, 0) is 30.3 Å². The highest BCUT2D eigenvalue weighted by atomic mass is 35.5. The summed E-state index contributed by atoms with van der Waals surface area (Å²) in [5, 5.41) is 5.38. The van der Waals surface area contributed by atoms with Gasteiger partial charge in [-0.15, -0.1) is 11.3 Å². The Morgan fingerprint density at radius 3 is 2.92 bits per heavy atom. The molecule has 2 heterocycles. The molecule has 4 nitrogen and oxygen atoms in total. The summed E-state index contributed by atoms with van der Waals surface area (Å²) in [6, 6.07) is 14.0. The molecule has 0 atom stereocenters. The number of amides is 1. The molecule has 4 rings (SSSR count). The number of benzene rings is 2. The Morgan fingerprint density at radius 2 is 2.12 bits per heavy atom. The molecule has 2 aromatic heterocycles. The van der Waals surface area contributed by atoms with Crippen molar-refractivity contribution in [1.82, 2.24) is 15.3 Å². The van der Waals surface area contributed by atoms with Crippen molar-refractivity contribution in [2.45, 2.75) is 13.5 Å². The molecule has 0 spiro atoms. The maximum atomic E-state index is 11.1. The van der Waals surface area contributed by atoms with Crippen LogP contribution < -0.4 is 5.32 Å². The number of aromatic nitrogens is 2. The molecule has 2 N–H and O–H groups in total. The van der Waals surface area contributed by atoms with Crippen LogP contribution in [0.3, 0.4) is 0 Å². The summed E-state index contributed by atoms with van der Waals surface area (Å²) in [4.78, 5) is 19.1. The fraction of sp³-hybridized carbons (Fsp3) is 0.111. The Labute approximate surface area is 147 Å². The van der Waals surface area contributed by atoms with Crippen LogP contribution in [0, 0.1) is 0 Å². The lowest BCUT2D eigenvalue weighted by molar-refractivity contribution is -0.119. The predicted octanol–water partition coefficient (Wildman–Crippen LogP) is 4.73. The average molecular weight is 356 g/mol. The van der Waals surface area contributed by atoms with E-state index in [1.807, 2.05) is 36.4 Å². The molecule has 1 amide bonds. The van der Waals surface area contributed by atoms with Crippen molar-refractivity contribution >= 4 is 50.0 Å². The topological polar surface area (TPSA) is 57.8 Å². The van der Waals surface area contributed by atoms with Crippen LogP contribution in [-0.4, -0.2) is 15.9 Å². The molecule has 0 aliphatic rings. The molecule has 0 aliphatic carbocycles. The first-order valence-electron chi connectivity index (χ1n) is 7.52. The summed E-state index contributed by atoms with van der Waals surface area (Å²) in [5.41, 5.74) is 3.82. The smallest absolute Gasteiger partial charge is 0.217 e. The van der Waals surface area contributed by atoms with Crippen molar-refractivity contribution < 1.29 is 4.79 Å². The number of H-pyrrole nitrogens is 1. The number of hydrogen-bond acceptors (Lipinski definition) is 3. The minimum absolute atomic E-state index is 0.0538. The molecule has 0 radical (unpaired) electrons. The normalized spacial score (nSPS) is 11.2. The van der Waals surface area contributed by atoms with Gasteiger partial charge >= 0.3 is 0 Å². The van der Waals surface area contributed by atoms with Crippen LogP contribution in [0.2, 0.25) is 5.02 Å². The monoisotopic (exact) mass is 355 g/mol. The van der Waals surface area contributed by atoms with Crippen molar-refractivity contribution in [3.63, 3.8) is 0 Å². The molecule has 0 saturated heterocycles. The first kappa shape index (κ1) is 15.2. The van der Waals surface area contributed by atoms with Crippen molar-refractivity contribution in [2.75, 3.05) is 0 Å². The van der Waals surface area contributed by atoms with Gasteiger partial charge in [-0.2, -0.15) is 0 Å². The Bertz CT molecular complexity index is 1030. The van der Waals surface area contributed by atoms with E-state index in [0.717, 1.165) is 37.4 Å². The number of rotatable bonds is 3. The quantitative estimate of drug-likeness (QED) is 0.558. The van der Waals surface area contributed by atoms with E-state index in [0.29, 0.717) is 11.6 Å². The number of aromatic amines is 1. The lowest BCUT2D eigenvalue weighted by Gasteiger charge is -2.01. The number of thiazole rings is 1. The van der Waals surface area contributed by atoms with Gasteiger partial charge in [-0.1, -0.05) is 23.7 Å². The molecule has 6 heteroatoms. The van der Waals surface area contributed by atoms with Gasteiger partial charge in [0, 0.05) is 29.1 Å². The molecule has 24 heavy (non-hydrogen) atoms. The number of nitrogens with one attached hydrogen (secondary N) is 2. The molecular weight excluding hydrogens is 342 g/mol. The van der Waals surface area contributed by atoms with Crippen molar-refractivity contribution in [3.05, 3.63) is 53.2 Å². The first-order valence-corrected chi connectivity index (χ1v) is 8.71. The predicted molar refractivity (Wildman–Crippen MR) is 99.4 cm³/mol. The van der Waals surface area contributed by atoms with Gasteiger partial charge in [-0.25, -0.2) is 4.98 Å². The SMILES string of the molecule is CC(=O)NCc1cc2cc(Cl)c(-c3nc4ccccc4s3)cc2[nH]1. The van der Waals surface area contributed by atoms with Crippen LogP contribution in [0.25, 0.3) is 31.7 Å². The molecule has 0 bridgehead atoms. The fourth-order valence-corrected chi connectivity index (χ4v) is 3.99. The third-order valence-electron chi connectivity index (χ3n) is 3.82. The van der Waals surface area contributed by atoms with Crippen LogP contribution in [-0.2, 0) is 11.3 Å². The first-order chi connectivity index (χ1) is 11.6. The third kappa shape index (κ3) is 2.77. The van der Waals surface area contributed by atoms with Crippen molar-refractivity contribution in [1.29, 1.82) is 0 Å². The van der Waals surface area contributed by atoms with E-state index in [2.05, 4.69) is 21.4 Å². The second kappa shape index (κ2) is 5.92. The molecule has 120 valence electrons. The zero-order valence-electron chi connectivity index (χ0n) is 12.9. The second-order valence-corrected chi connectivity index (χ2v) is 7.05. The Balaban J connectivity index is 1.77. The Morgan fingerprint density at radius 1 is 1.29 bits per heavy atom. The Kier molecular flexibility index (Phi) is 3.75. The number of fused-ring (bicyclic) bond motifs is 2. The summed E-state index contributed by atoms with van der Waals surface area (Å²) in [7, 11) is 0. The number of carbonyl (C=O) groups is 1. The van der Waals surface area contributed by atoms with E-state index in [4.69, 9.17) is 11.6 Å². The van der Waals surface area contributed by atoms with Gasteiger partial charge in [0.2, 0.25) is 5.91 Å². The maximum Gasteiger partial charge on any atom is 0.217 e. The number of para-hydroxylation sites is 1. The molecule has 0 unspecified atom stereocenters. The summed E-state index contributed by atoms with van der Waals surface area (Å²) >= 11 is 8.11. The molecule has 0 aliphatic heterocycles. The highest BCUT2D eigenvalue weighted by Crippen LogP contribution is 2.36. The van der Waals surface area contributed by atoms with E-state index in [-0.39, 0.29) is 5.91 Å². The van der Waals surface area contributed by atoms with Crippen LogP contribution in [0.5, 0.6) is 0 Å². The second-order valence-electron chi connectivity index (χ2n) is 5.61. The lowest BCUT2D eigenvalue weighted by Crippen LogP contribution is -2.18. The van der Waals surface area contributed by atoms with E-state index in [9.17, 15) is 4.79 Å². The summed E-state index contributed by atoms with van der Waals surface area (Å²) < 4.78 is 1.14. The molecule has 0 fully saturated rings. The number of carbonyl (C=O) groups excluding carboxylic acids is 1. The van der Waals surface area contributed by atoms with Crippen LogP contribution in [0.15, 0.2) is 42.5 Å². The van der Waals surface area contributed by atoms with E-state index in [1.54, 1.807) is 11.3 Å². The van der Waals surface area contributed by atoms with Gasteiger partial charge in [0.15, 0.2) is 0 Å². The third-order valence-corrected chi connectivity index (χ3v) is 5.20. The van der Waals surface area contributed by atoms with E-state index in [1.165, 1.54) is 6.92 Å². The highest BCUT2D eigenvalue weighted by Gasteiger charge is 2.12. The number of hydrogen-bond donors (Lipinski definition) is 2. The maximum absolute atomic E-state index is 11.1. The van der Waals surface area contributed by atoms with Crippen LogP contribution >= 0.6 is 22.9 Å². The molecule has 2 aromatic carbocycles. The largest absolute Gasteiger partial charge is 0.357 e. The Hall–Kier alpha value is -2.37. The minimum Gasteiger partial charge on any atom is -0.357 e. The summed E-state index contributed by atoms with van der Waals surface area (Å²) in [5.74, 6) is -0.0538. The number of nitrogens with zero attached hydrogens (tertiary/aromatic N) is 1. The molecule has 0 saturated carbocycles. The van der Waals surface area contributed by atoms with Gasteiger partial charge < -0.3 is 10.3 Å². The number of halogens is 1. The van der Waals surface area contributed by atoms with Crippen molar-refractivity contribution in [3.8, 4) is 10.6 Å². The van der Waals surface area contributed by atoms with Crippen LogP contribution in [0.1, 0.15) is 12.6 Å². The average Bonchev–Trinajstić information content (AvgIpc) is 3.14. The molecular formula is C18H14ClN3OS. The van der Waals surface area contributed by atoms with Crippen molar-refractivity contribution in [2.24, 2.45) is 0 Å². The van der Waals surface area contributed by atoms with Gasteiger partial charge in [0.1, 0.15) is 5.01 Å². The summed E-state index contributed by atoms with van der Waals surface area (Å²) in [6.45, 7) is 1.98. The zero-order chi connectivity index (χ0) is 16.7. The van der Waals surface area contributed by atoms with Gasteiger partial charge in [0.25, 0.3) is 0 Å². The summed E-state index contributed by atoms with van der Waals surface area (Å²) in [6.07, 6.45) is 0. The van der Waals surface area contributed by atoms with Gasteiger partial charge in [0.05, 0.1) is 21.8 Å². The lowest BCUT2D eigenvalue weighted by atomic mass is 10.1. The van der Waals surface area contributed by atoms with Gasteiger partial charge in [-0.3, -0.25) is 4.79 Å². The van der Waals surface area contributed by atoms with E-state index < -0.39 is 0 Å². The molecule has 4 aromatic rings. The fourth-order valence-electron chi connectivity index (χ4n) is 2.68. The zero-order valence-corrected chi connectivity index (χ0v) is 14.5.